The number of hydrogen-bond donors (Lipinski definition) is 0. The van der Waals surface area contributed by atoms with E-state index < -0.39 is 11.7 Å². The molecule has 0 radical (unpaired) electrons. The van der Waals surface area contributed by atoms with E-state index in [4.69, 9.17) is 4.74 Å². The van der Waals surface area contributed by atoms with E-state index in [1.54, 1.807) is 12.1 Å². The quantitative estimate of drug-likeness (QED) is 0.261. The molecule has 7 nitrogen and oxygen atoms in total. The standard InChI is InChI=1S/C28H29F3N4O3/c29-28(30,31)22-8-11-27-25(20-22)34(24-4-1-2-5-26(24)38-27)14-3-13-32-16-18-33(19-17-32)15-12-21-6-9-23(10-7-21)35(36)37/h1-2,4-11,20H,3,12-19H2. The second-order valence-corrected chi connectivity index (χ2v) is 9.61. The first-order valence-electron chi connectivity index (χ1n) is 12.7. The highest BCUT2D eigenvalue weighted by molar-refractivity contribution is 5.78. The number of rotatable bonds is 8. The molecule has 0 unspecified atom stereocenters. The highest BCUT2D eigenvalue weighted by Crippen LogP contribution is 2.48. The fraction of sp³-hybridized carbons (Fsp3) is 0.357. The van der Waals surface area contributed by atoms with Gasteiger partial charge in [-0.05, 0) is 55.3 Å². The van der Waals surface area contributed by atoms with Gasteiger partial charge in [-0.2, -0.15) is 13.2 Å². The lowest BCUT2D eigenvalue weighted by molar-refractivity contribution is -0.384. The molecule has 3 aromatic carbocycles. The number of para-hydroxylation sites is 2. The van der Waals surface area contributed by atoms with Crippen molar-refractivity contribution < 1.29 is 22.8 Å². The zero-order valence-electron chi connectivity index (χ0n) is 20.9. The van der Waals surface area contributed by atoms with Gasteiger partial charge >= 0.3 is 6.18 Å². The molecule has 0 atom stereocenters. The van der Waals surface area contributed by atoms with Crippen LogP contribution in [0.4, 0.5) is 30.2 Å². The Bertz CT molecular complexity index is 1280. The van der Waals surface area contributed by atoms with Gasteiger partial charge in [-0.3, -0.25) is 10.1 Å². The summed E-state index contributed by atoms with van der Waals surface area (Å²) in [4.78, 5) is 17.1. The normalized spacial score (nSPS) is 16.0. The van der Waals surface area contributed by atoms with Crippen molar-refractivity contribution in [3.63, 3.8) is 0 Å². The average Bonchev–Trinajstić information content (AvgIpc) is 2.91. The molecule has 0 saturated carbocycles. The fourth-order valence-electron chi connectivity index (χ4n) is 5.01. The lowest BCUT2D eigenvalue weighted by atomic mass is 10.1. The third-order valence-electron chi connectivity index (χ3n) is 7.14. The second kappa shape index (κ2) is 11.0. The van der Waals surface area contributed by atoms with E-state index in [9.17, 15) is 23.3 Å². The SMILES string of the molecule is O=[N+]([O-])c1ccc(CCN2CCN(CCCN3c4ccccc4Oc4ccc(C(F)(F)F)cc43)CC2)cc1. The fourth-order valence-corrected chi connectivity index (χ4v) is 5.01. The van der Waals surface area contributed by atoms with Crippen LogP contribution >= 0.6 is 0 Å². The van der Waals surface area contributed by atoms with E-state index >= 15 is 0 Å². The molecular weight excluding hydrogens is 497 g/mol. The maximum atomic E-state index is 13.4. The number of anilines is 2. The Morgan fingerprint density at radius 2 is 1.47 bits per heavy atom. The molecule has 2 aliphatic heterocycles. The maximum Gasteiger partial charge on any atom is 0.416 e. The summed E-state index contributed by atoms with van der Waals surface area (Å²) in [6.45, 7) is 6.05. The molecule has 1 fully saturated rings. The van der Waals surface area contributed by atoms with E-state index in [0.717, 1.165) is 69.4 Å². The number of nitro benzene ring substituents is 1. The average molecular weight is 527 g/mol. The number of ether oxygens (including phenoxy) is 1. The Balaban J connectivity index is 1.14. The molecule has 2 aliphatic rings. The molecule has 2 heterocycles. The van der Waals surface area contributed by atoms with Crippen molar-refractivity contribution in [2.75, 3.05) is 50.7 Å². The first-order chi connectivity index (χ1) is 18.3. The molecule has 200 valence electrons. The van der Waals surface area contributed by atoms with E-state index in [1.807, 2.05) is 41.3 Å². The van der Waals surface area contributed by atoms with E-state index in [-0.39, 0.29) is 10.6 Å². The monoisotopic (exact) mass is 526 g/mol. The lowest BCUT2D eigenvalue weighted by Crippen LogP contribution is -2.47. The van der Waals surface area contributed by atoms with E-state index in [2.05, 4.69) is 9.80 Å². The molecular formula is C28H29F3N4O3. The first kappa shape index (κ1) is 26.0. The Hall–Kier alpha value is -3.63. The number of nitro groups is 1. The van der Waals surface area contributed by atoms with E-state index in [0.29, 0.717) is 23.7 Å². The number of nitrogens with zero attached hydrogens (tertiary/aromatic N) is 4. The van der Waals surface area contributed by atoms with Gasteiger partial charge in [0.25, 0.3) is 5.69 Å². The smallest absolute Gasteiger partial charge is 0.416 e. The highest BCUT2D eigenvalue weighted by atomic mass is 19.4. The Labute approximate surface area is 219 Å². The molecule has 0 bridgehead atoms. The number of alkyl halides is 3. The summed E-state index contributed by atoms with van der Waals surface area (Å²) in [7, 11) is 0. The maximum absolute atomic E-state index is 13.4. The van der Waals surface area contributed by atoms with Gasteiger partial charge in [-0.15, -0.1) is 0 Å². The van der Waals surface area contributed by atoms with Crippen molar-refractivity contribution in [3.8, 4) is 11.5 Å². The number of fused-ring (bicyclic) bond motifs is 2. The number of hydrogen-bond acceptors (Lipinski definition) is 6. The minimum absolute atomic E-state index is 0.104. The van der Waals surface area contributed by atoms with Gasteiger partial charge in [0.1, 0.15) is 0 Å². The van der Waals surface area contributed by atoms with Gasteiger partial charge in [0.2, 0.25) is 0 Å². The molecule has 3 aromatic rings. The lowest BCUT2D eigenvalue weighted by Gasteiger charge is -2.36. The summed E-state index contributed by atoms with van der Waals surface area (Å²) in [6, 6.07) is 17.8. The van der Waals surface area contributed by atoms with Crippen molar-refractivity contribution in [1.82, 2.24) is 9.80 Å². The zero-order chi connectivity index (χ0) is 26.7. The molecule has 0 aromatic heterocycles. The van der Waals surface area contributed by atoms with Crippen LogP contribution in [0.5, 0.6) is 11.5 Å². The van der Waals surface area contributed by atoms with Crippen molar-refractivity contribution in [1.29, 1.82) is 0 Å². The molecule has 0 aliphatic carbocycles. The number of piperazine rings is 1. The predicted octanol–water partition coefficient (Wildman–Crippen LogP) is 6.11. The van der Waals surface area contributed by atoms with E-state index in [1.165, 1.54) is 12.1 Å². The Morgan fingerprint density at radius 1 is 0.816 bits per heavy atom. The molecule has 1 saturated heterocycles. The molecule has 10 heteroatoms. The number of benzene rings is 3. The van der Waals surface area contributed by atoms with Crippen LogP contribution in [-0.4, -0.2) is 60.5 Å². The zero-order valence-corrected chi connectivity index (χ0v) is 20.9. The minimum Gasteiger partial charge on any atom is -0.453 e. The topological polar surface area (TPSA) is 62.1 Å². The second-order valence-electron chi connectivity index (χ2n) is 9.61. The largest absolute Gasteiger partial charge is 0.453 e. The van der Waals surface area contributed by atoms with Crippen LogP contribution in [0.1, 0.15) is 17.5 Å². The number of non-ortho nitro benzene ring substituents is 1. The molecule has 0 N–H and O–H groups in total. The van der Waals surface area contributed by atoms with Crippen LogP contribution < -0.4 is 9.64 Å². The predicted molar refractivity (Wildman–Crippen MR) is 139 cm³/mol. The van der Waals surface area contributed by atoms with Crippen LogP contribution in [0.3, 0.4) is 0 Å². The summed E-state index contributed by atoms with van der Waals surface area (Å²) >= 11 is 0. The van der Waals surface area contributed by atoms with Crippen LogP contribution in [0.15, 0.2) is 66.7 Å². The molecule has 5 rings (SSSR count). The summed E-state index contributed by atoms with van der Waals surface area (Å²) in [5.74, 6) is 1.07. The minimum atomic E-state index is -4.42. The van der Waals surface area contributed by atoms with Gasteiger partial charge < -0.3 is 19.4 Å². The van der Waals surface area contributed by atoms with Gasteiger partial charge in [0.05, 0.1) is 21.9 Å². The van der Waals surface area contributed by atoms with Crippen molar-refractivity contribution >= 4 is 17.1 Å². The van der Waals surface area contributed by atoms with Crippen LogP contribution in [0.25, 0.3) is 0 Å². The van der Waals surface area contributed by atoms with Crippen molar-refractivity contribution in [2.24, 2.45) is 0 Å². The summed E-state index contributed by atoms with van der Waals surface area (Å²) in [6.07, 6.45) is -2.78. The number of halogens is 3. The third kappa shape index (κ3) is 5.92. The van der Waals surface area contributed by atoms with Gasteiger partial charge in [0, 0.05) is 51.4 Å². The van der Waals surface area contributed by atoms with Crippen LogP contribution in [0.2, 0.25) is 0 Å². The Morgan fingerprint density at radius 3 is 2.16 bits per heavy atom. The van der Waals surface area contributed by atoms with Crippen LogP contribution in [0, 0.1) is 10.1 Å². The first-order valence-corrected chi connectivity index (χ1v) is 12.7. The van der Waals surface area contributed by atoms with Gasteiger partial charge in [-0.1, -0.05) is 24.3 Å². The summed E-state index contributed by atoms with van der Waals surface area (Å²) in [5, 5.41) is 10.8. The van der Waals surface area contributed by atoms with Gasteiger partial charge in [-0.25, -0.2) is 0 Å². The molecule has 38 heavy (non-hydrogen) atoms. The van der Waals surface area contributed by atoms with Crippen molar-refractivity contribution in [3.05, 3.63) is 88.0 Å². The third-order valence-corrected chi connectivity index (χ3v) is 7.14. The highest BCUT2D eigenvalue weighted by Gasteiger charge is 2.33. The van der Waals surface area contributed by atoms with Crippen LogP contribution in [-0.2, 0) is 12.6 Å². The van der Waals surface area contributed by atoms with Crippen molar-refractivity contribution in [2.45, 2.75) is 19.0 Å². The van der Waals surface area contributed by atoms with Gasteiger partial charge in [0.15, 0.2) is 11.5 Å². The molecule has 0 spiro atoms. The summed E-state index contributed by atoms with van der Waals surface area (Å²) < 4.78 is 46.1. The Kier molecular flexibility index (Phi) is 7.53. The molecule has 0 amide bonds. The summed E-state index contributed by atoms with van der Waals surface area (Å²) in [5.41, 5.74) is 1.71.